The molecule has 0 aliphatic carbocycles. The number of hydrogen-bond acceptors (Lipinski definition) is 5. The molecule has 0 aliphatic heterocycles. The Bertz CT molecular complexity index is 939. The van der Waals surface area contributed by atoms with Gasteiger partial charge in [0.1, 0.15) is 17.8 Å². The highest BCUT2D eigenvalue weighted by Crippen LogP contribution is 2.25. The molecule has 0 unspecified atom stereocenters. The molecule has 0 spiro atoms. The lowest BCUT2D eigenvalue weighted by atomic mass is 10.1. The number of aryl methyl sites for hydroxylation is 1. The molecule has 0 heterocycles. The number of carbonyl (C=O) groups is 1. The van der Waals surface area contributed by atoms with E-state index >= 15 is 0 Å². The Balaban J connectivity index is 2.41. The number of benzene rings is 2. The zero-order chi connectivity index (χ0) is 20.7. The van der Waals surface area contributed by atoms with E-state index in [9.17, 15) is 13.2 Å². The summed E-state index contributed by atoms with van der Waals surface area (Å²) >= 11 is 0. The van der Waals surface area contributed by atoms with Crippen molar-refractivity contribution in [3.63, 3.8) is 0 Å². The standard InChI is InChI=1S/C21H23NO5S/c1-5-10-22(28(24,25)21-8-6-16(2)7-9-21)18(15-23)11-17-12-19(26-3)14-20(13-17)27-4/h1,6-9,12-15,18H,10-11H2,2-4H3/t18-/m0/s1. The van der Waals surface area contributed by atoms with Crippen LogP contribution in [-0.4, -0.2) is 45.8 Å². The molecule has 0 radical (unpaired) electrons. The molecule has 0 fully saturated rings. The highest BCUT2D eigenvalue weighted by Gasteiger charge is 2.31. The van der Waals surface area contributed by atoms with E-state index in [1.165, 1.54) is 26.4 Å². The van der Waals surface area contributed by atoms with Crippen molar-refractivity contribution >= 4 is 16.3 Å². The van der Waals surface area contributed by atoms with Crippen molar-refractivity contribution in [1.82, 2.24) is 4.31 Å². The van der Waals surface area contributed by atoms with Gasteiger partial charge in [0.2, 0.25) is 10.0 Å². The van der Waals surface area contributed by atoms with E-state index in [4.69, 9.17) is 15.9 Å². The van der Waals surface area contributed by atoms with E-state index in [2.05, 4.69) is 5.92 Å². The first-order valence-corrected chi connectivity index (χ1v) is 9.99. The van der Waals surface area contributed by atoms with Crippen LogP contribution in [0.5, 0.6) is 11.5 Å². The van der Waals surface area contributed by atoms with Crippen molar-refractivity contribution in [2.75, 3.05) is 20.8 Å². The monoisotopic (exact) mass is 401 g/mol. The van der Waals surface area contributed by atoms with E-state index in [0.29, 0.717) is 23.3 Å². The fourth-order valence-corrected chi connectivity index (χ4v) is 4.24. The molecule has 2 aromatic carbocycles. The Morgan fingerprint density at radius 1 is 1.11 bits per heavy atom. The van der Waals surface area contributed by atoms with E-state index in [0.717, 1.165) is 9.87 Å². The molecule has 0 aromatic heterocycles. The number of nitrogens with zero attached hydrogens (tertiary/aromatic N) is 1. The Morgan fingerprint density at radius 2 is 1.68 bits per heavy atom. The molecule has 2 aromatic rings. The van der Waals surface area contributed by atoms with Crippen molar-refractivity contribution in [2.45, 2.75) is 24.3 Å². The fraction of sp³-hybridized carbons (Fsp3) is 0.286. The molecule has 148 valence electrons. The van der Waals surface area contributed by atoms with E-state index in [1.807, 2.05) is 6.92 Å². The second kappa shape index (κ2) is 9.40. The SMILES string of the molecule is C#CCN([C@H](C=O)Cc1cc(OC)cc(OC)c1)S(=O)(=O)c1ccc(C)cc1. The van der Waals surface area contributed by atoms with Gasteiger partial charge in [-0.25, -0.2) is 8.42 Å². The molecule has 1 atom stereocenters. The summed E-state index contributed by atoms with van der Waals surface area (Å²) in [6.45, 7) is 1.64. The normalized spacial score (nSPS) is 12.2. The van der Waals surface area contributed by atoms with Crippen LogP contribution in [-0.2, 0) is 21.2 Å². The van der Waals surface area contributed by atoms with Gasteiger partial charge in [0, 0.05) is 6.07 Å². The molecule has 28 heavy (non-hydrogen) atoms. The fourth-order valence-electron chi connectivity index (χ4n) is 2.76. The number of methoxy groups -OCH3 is 2. The molecule has 0 aliphatic rings. The first-order valence-electron chi connectivity index (χ1n) is 8.55. The third-order valence-corrected chi connectivity index (χ3v) is 6.14. The molecule has 0 saturated heterocycles. The van der Waals surface area contributed by atoms with Gasteiger partial charge < -0.3 is 14.3 Å². The first-order chi connectivity index (χ1) is 13.3. The smallest absolute Gasteiger partial charge is 0.244 e. The first kappa shape index (κ1) is 21.5. The third-order valence-electron chi connectivity index (χ3n) is 4.26. The minimum Gasteiger partial charge on any atom is -0.497 e. The summed E-state index contributed by atoms with van der Waals surface area (Å²) in [5.41, 5.74) is 1.62. The zero-order valence-corrected chi connectivity index (χ0v) is 16.9. The number of hydrogen-bond donors (Lipinski definition) is 0. The van der Waals surface area contributed by atoms with Gasteiger partial charge in [-0.3, -0.25) is 0 Å². The van der Waals surface area contributed by atoms with Crippen LogP contribution < -0.4 is 9.47 Å². The van der Waals surface area contributed by atoms with E-state index in [1.54, 1.807) is 30.3 Å². The number of sulfonamides is 1. The Kier molecular flexibility index (Phi) is 7.21. The Hall–Kier alpha value is -2.82. The summed E-state index contributed by atoms with van der Waals surface area (Å²) in [6, 6.07) is 10.6. The minimum atomic E-state index is -3.95. The molecule has 2 rings (SSSR count). The molecular formula is C21H23NO5S. The van der Waals surface area contributed by atoms with Gasteiger partial charge in [-0.2, -0.15) is 4.31 Å². The maximum atomic E-state index is 13.1. The molecule has 7 heteroatoms. The predicted octanol–water partition coefficient (Wildman–Crippen LogP) is 2.45. The predicted molar refractivity (Wildman–Crippen MR) is 107 cm³/mol. The second-order valence-electron chi connectivity index (χ2n) is 6.20. The lowest BCUT2D eigenvalue weighted by molar-refractivity contribution is -0.110. The van der Waals surface area contributed by atoms with Crippen LogP contribution in [0.4, 0.5) is 0 Å². The van der Waals surface area contributed by atoms with Crippen LogP contribution in [0.1, 0.15) is 11.1 Å². The van der Waals surface area contributed by atoms with Gasteiger partial charge in [0.15, 0.2) is 0 Å². The van der Waals surface area contributed by atoms with Crippen LogP contribution in [0.2, 0.25) is 0 Å². The number of carbonyl (C=O) groups excluding carboxylic acids is 1. The topological polar surface area (TPSA) is 72.9 Å². The van der Waals surface area contributed by atoms with Crippen molar-refractivity contribution in [3.8, 4) is 23.8 Å². The van der Waals surface area contributed by atoms with Crippen LogP contribution >= 0.6 is 0 Å². The summed E-state index contributed by atoms with van der Waals surface area (Å²) in [5.74, 6) is 3.43. The number of terminal acetylenes is 1. The highest BCUT2D eigenvalue weighted by atomic mass is 32.2. The van der Waals surface area contributed by atoms with Crippen LogP contribution in [0.15, 0.2) is 47.4 Å². The summed E-state index contributed by atoms with van der Waals surface area (Å²) in [5, 5.41) is 0. The minimum absolute atomic E-state index is 0.0865. The van der Waals surface area contributed by atoms with Crippen molar-refractivity contribution in [2.24, 2.45) is 0 Å². The summed E-state index contributed by atoms with van der Waals surface area (Å²) in [7, 11) is -0.913. The molecule has 0 amide bonds. The average molecular weight is 401 g/mol. The van der Waals surface area contributed by atoms with Crippen LogP contribution in [0, 0.1) is 19.3 Å². The van der Waals surface area contributed by atoms with E-state index < -0.39 is 16.1 Å². The number of ether oxygens (including phenoxy) is 2. The van der Waals surface area contributed by atoms with Crippen LogP contribution in [0.3, 0.4) is 0 Å². The average Bonchev–Trinajstić information content (AvgIpc) is 2.70. The van der Waals surface area contributed by atoms with Gasteiger partial charge in [0.25, 0.3) is 0 Å². The van der Waals surface area contributed by atoms with Crippen molar-refractivity contribution < 1.29 is 22.7 Å². The lowest BCUT2D eigenvalue weighted by Crippen LogP contribution is -2.42. The molecule has 0 bridgehead atoms. The van der Waals surface area contributed by atoms with Crippen LogP contribution in [0.25, 0.3) is 0 Å². The van der Waals surface area contributed by atoms with Gasteiger partial charge in [0.05, 0.1) is 31.7 Å². The van der Waals surface area contributed by atoms with E-state index in [-0.39, 0.29) is 17.9 Å². The summed E-state index contributed by atoms with van der Waals surface area (Å²) in [4.78, 5) is 11.9. The van der Waals surface area contributed by atoms with Gasteiger partial charge in [-0.05, 0) is 43.2 Å². The molecule has 0 saturated carbocycles. The Labute approximate surface area is 166 Å². The van der Waals surface area contributed by atoms with Gasteiger partial charge in [-0.15, -0.1) is 6.42 Å². The second-order valence-corrected chi connectivity index (χ2v) is 8.09. The molecule has 0 N–H and O–H groups in total. The lowest BCUT2D eigenvalue weighted by Gasteiger charge is -2.26. The van der Waals surface area contributed by atoms with Crippen molar-refractivity contribution in [1.29, 1.82) is 0 Å². The number of rotatable bonds is 9. The van der Waals surface area contributed by atoms with Gasteiger partial charge in [-0.1, -0.05) is 23.6 Å². The molecular weight excluding hydrogens is 378 g/mol. The summed E-state index contributed by atoms with van der Waals surface area (Å²) in [6.07, 6.45) is 6.11. The summed E-state index contributed by atoms with van der Waals surface area (Å²) < 4.78 is 37.7. The van der Waals surface area contributed by atoms with Crippen molar-refractivity contribution in [3.05, 3.63) is 53.6 Å². The quantitative estimate of drug-likeness (QED) is 0.477. The maximum absolute atomic E-state index is 13.1. The maximum Gasteiger partial charge on any atom is 0.244 e. The largest absolute Gasteiger partial charge is 0.497 e. The number of aldehydes is 1. The van der Waals surface area contributed by atoms with Gasteiger partial charge >= 0.3 is 0 Å². The molecule has 6 nitrogen and oxygen atoms in total. The third kappa shape index (κ3) is 4.91. The zero-order valence-electron chi connectivity index (χ0n) is 16.1. The highest BCUT2D eigenvalue weighted by molar-refractivity contribution is 7.89. The Morgan fingerprint density at radius 3 is 2.14 bits per heavy atom.